The molecule has 0 aliphatic heterocycles. The van der Waals surface area contributed by atoms with Crippen molar-refractivity contribution in [3.8, 4) is 11.8 Å². The maximum absolute atomic E-state index is 13.6. The van der Waals surface area contributed by atoms with Crippen LogP contribution in [0.15, 0.2) is 24.3 Å². The third-order valence-corrected chi connectivity index (χ3v) is 5.04. The summed E-state index contributed by atoms with van der Waals surface area (Å²) in [6.45, 7) is 6.88. The van der Waals surface area contributed by atoms with Gasteiger partial charge in [0.05, 0.1) is 6.07 Å². The molecule has 2 unspecified atom stereocenters. The van der Waals surface area contributed by atoms with Gasteiger partial charge in [-0.1, -0.05) is 31.9 Å². The Hall–Kier alpha value is -3.81. The largest absolute Gasteiger partial charge is 0.508 e. The first-order chi connectivity index (χ1) is 16.9. The lowest BCUT2D eigenvalue weighted by atomic mass is 10.0. The second-order valence-electron chi connectivity index (χ2n) is 9.32. The number of hydrogen-bond donors (Lipinski definition) is 4. The molecule has 0 saturated carbocycles. The van der Waals surface area contributed by atoms with Crippen LogP contribution in [0.3, 0.4) is 0 Å². The van der Waals surface area contributed by atoms with Crippen LogP contribution in [0.1, 0.15) is 71.4 Å². The maximum Gasteiger partial charge on any atom is 0.408 e. The van der Waals surface area contributed by atoms with E-state index in [1.807, 2.05) is 13.0 Å². The molecule has 2 atom stereocenters. The van der Waals surface area contributed by atoms with E-state index in [-0.39, 0.29) is 18.6 Å². The number of nitrogens with zero attached hydrogens (tertiary/aromatic N) is 2. The predicted molar refractivity (Wildman–Crippen MR) is 132 cm³/mol. The highest BCUT2D eigenvalue weighted by Gasteiger charge is 2.36. The predicted octanol–water partition coefficient (Wildman–Crippen LogP) is 2.25. The van der Waals surface area contributed by atoms with Crippen LogP contribution in [-0.4, -0.2) is 58.6 Å². The van der Waals surface area contributed by atoms with Crippen molar-refractivity contribution in [2.75, 3.05) is 13.1 Å². The van der Waals surface area contributed by atoms with E-state index in [2.05, 4.69) is 10.6 Å². The molecule has 11 nitrogen and oxygen atoms in total. The number of hydrogen-bond acceptors (Lipinski definition) is 7. The van der Waals surface area contributed by atoms with Crippen LogP contribution in [0.2, 0.25) is 0 Å². The van der Waals surface area contributed by atoms with Crippen molar-refractivity contribution in [2.24, 2.45) is 5.73 Å². The third kappa shape index (κ3) is 10.6. The maximum atomic E-state index is 13.6. The first-order valence-electron chi connectivity index (χ1n) is 11.9. The van der Waals surface area contributed by atoms with Gasteiger partial charge in [-0.2, -0.15) is 5.26 Å². The Kier molecular flexibility index (Phi) is 12.2. The van der Waals surface area contributed by atoms with Crippen molar-refractivity contribution in [1.82, 2.24) is 15.5 Å². The average Bonchev–Trinajstić information content (AvgIpc) is 2.78. The molecule has 11 heteroatoms. The van der Waals surface area contributed by atoms with Gasteiger partial charge < -0.3 is 31.1 Å². The molecule has 0 spiro atoms. The Morgan fingerprint density at radius 2 is 1.81 bits per heavy atom. The second-order valence-corrected chi connectivity index (χ2v) is 9.32. The first kappa shape index (κ1) is 30.2. The van der Waals surface area contributed by atoms with E-state index in [0.717, 1.165) is 24.2 Å². The molecule has 0 aliphatic carbocycles. The normalized spacial score (nSPS) is 12.5. The average molecular weight is 504 g/mol. The van der Waals surface area contributed by atoms with Gasteiger partial charge in [-0.3, -0.25) is 14.4 Å². The molecular formula is C25H37N5O6. The fourth-order valence-electron chi connectivity index (χ4n) is 3.38. The zero-order valence-electron chi connectivity index (χ0n) is 21.4. The van der Waals surface area contributed by atoms with Crippen molar-refractivity contribution in [1.29, 1.82) is 5.26 Å². The lowest BCUT2D eigenvalue weighted by Gasteiger charge is -2.33. The third-order valence-electron chi connectivity index (χ3n) is 5.04. The van der Waals surface area contributed by atoms with Crippen LogP contribution < -0.4 is 16.4 Å². The summed E-state index contributed by atoms with van der Waals surface area (Å²) in [5.41, 5.74) is 4.76. The summed E-state index contributed by atoms with van der Waals surface area (Å²) in [6, 6.07) is 5.07. The minimum Gasteiger partial charge on any atom is -0.508 e. The molecule has 0 bridgehead atoms. The Balaban J connectivity index is 3.36. The van der Waals surface area contributed by atoms with Crippen molar-refractivity contribution in [2.45, 2.75) is 77.5 Å². The number of benzene rings is 1. The molecule has 0 radical (unpaired) electrons. The summed E-state index contributed by atoms with van der Waals surface area (Å²) in [5, 5.41) is 24.4. The molecule has 5 N–H and O–H groups in total. The van der Waals surface area contributed by atoms with Gasteiger partial charge in [-0.25, -0.2) is 4.79 Å². The van der Waals surface area contributed by atoms with E-state index in [9.17, 15) is 29.5 Å². The van der Waals surface area contributed by atoms with Gasteiger partial charge in [-0.05, 0) is 51.3 Å². The molecule has 0 fully saturated rings. The first-order valence-corrected chi connectivity index (χ1v) is 11.9. The van der Waals surface area contributed by atoms with E-state index >= 15 is 0 Å². The van der Waals surface area contributed by atoms with Gasteiger partial charge in [0.2, 0.25) is 17.7 Å². The van der Waals surface area contributed by atoms with Crippen molar-refractivity contribution < 1.29 is 29.0 Å². The lowest BCUT2D eigenvalue weighted by molar-refractivity contribution is -0.142. The zero-order chi connectivity index (χ0) is 27.3. The van der Waals surface area contributed by atoms with Crippen LogP contribution in [0, 0.1) is 11.3 Å². The van der Waals surface area contributed by atoms with Crippen LogP contribution in [0.25, 0.3) is 0 Å². The van der Waals surface area contributed by atoms with Gasteiger partial charge in [0, 0.05) is 13.0 Å². The highest BCUT2D eigenvalue weighted by molar-refractivity contribution is 5.92. The minimum atomic E-state index is -1.28. The number of phenols is 1. The van der Waals surface area contributed by atoms with E-state index < -0.39 is 48.0 Å². The summed E-state index contributed by atoms with van der Waals surface area (Å²) in [7, 11) is 0. The molecule has 1 aromatic rings. The zero-order valence-corrected chi connectivity index (χ0v) is 21.4. The number of alkyl carbamates (subject to hydrolysis) is 1. The molecule has 0 heterocycles. The highest BCUT2D eigenvalue weighted by Crippen LogP contribution is 2.25. The van der Waals surface area contributed by atoms with E-state index in [1.165, 1.54) is 24.3 Å². The number of primary amides is 1. The van der Waals surface area contributed by atoms with E-state index in [1.54, 1.807) is 20.8 Å². The summed E-state index contributed by atoms with van der Waals surface area (Å²) in [4.78, 5) is 51.7. The molecule has 0 aliphatic rings. The number of nitrogens with two attached hydrogens (primary N) is 1. The minimum absolute atomic E-state index is 0.0371. The smallest absolute Gasteiger partial charge is 0.408 e. The van der Waals surface area contributed by atoms with Crippen LogP contribution in [0.5, 0.6) is 5.75 Å². The monoisotopic (exact) mass is 503 g/mol. The van der Waals surface area contributed by atoms with Crippen molar-refractivity contribution >= 4 is 23.8 Å². The standard InChI is InChI=1S/C25H37N5O6/c1-5-6-7-15-28-22(33)21(17-8-10-18(31)11-9-17)30(16-14-26)23(34)19(12-13-20(27)32)29-24(35)36-25(2,3)4/h8-11,19,21,31H,5-7,12-13,15-16H2,1-4H3,(H2,27,32)(H,28,33)(H,29,35). The van der Waals surface area contributed by atoms with Gasteiger partial charge in [0.1, 0.15) is 30.0 Å². The van der Waals surface area contributed by atoms with E-state index in [4.69, 9.17) is 10.5 Å². The number of rotatable bonds is 13. The quantitative estimate of drug-likeness (QED) is 0.236. The summed E-state index contributed by atoms with van der Waals surface area (Å²) < 4.78 is 5.24. The molecule has 0 aromatic heterocycles. The van der Waals surface area contributed by atoms with Crippen LogP contribution in [0.4, 0.5) is 4.79 Å². The lowest BCUT2D eigenvalue weighted by Crippen LogP contribution is -2.53. The number of ether oxygens (including phenoxy) is 1. The van der Waals surface area contributed by atoms with Gasteiger partial charge in [0.15, 0.2) is 0 Å². The number of aromatic hydroxyl groups is 1. The van der Waals surface area contributed by atoms with E-state index in [0.29, 0.717) is 12.1 Å². The topological polar surface area (TPSA) is 175 Å². The number of amides is 4. The Bertz CT molecular complexity index is 936. The molecule has 4 amide bonds. The van der Waals surface area contributed by atoms with Gasteiger partial charge in [0.25, 0.3) is 0 Å². The number of nitriles is 1. The van der Waals surface area contributed by atoms with Crippen molar-refractivity contribution in [3.05, 3.63) is 29.8 Å². The number of carbonyl (C=O) groups excluding carboxylic acids is 4. The van der Waals surface area contributed by atoms with Crippen molar-refractivity contribution in [3.63, 3.8) is 0 Å². The molecule has 0 saturated heterocycles. The van der Waals surface area contributed by atoms with Crippen LogP contribution >= 0.6 is 0 Å². The second kappa shape index (κ2) is 14.6. The van der Waals surface area contributed by atoms with Gasteiger partial charge >= 0.3 is 6.09 Å². The molecule has 1 rings (SSSR count). The van der Waals surface area contributed by atoms with Gasteiger partial charge in [-0.15, -0.1) is 0 Å². The Labute approximate surface area is 212 Å². The Morgan fingerprint density at radius 3 is 2.33 bits per heavy atom. The molecular weight excluding hydrogens is 466 g/mol. The summed E-state index contributed by atoms with van der Waals surface area (Å²) >= 11 is 0. The molecule has 198 valence electrons. The molecule has 1 aromatic carbocycles. The number of nitrogens with one attached hydrogen (secondary N) is 2. The fourth-order valence-corrected chi connectivity index (χ4v) is 3.38. The number of carbonyl (C=O) groups is 4. The number of phenolic OH excluding ortho intramolecular Hbond substituents is 1. The Morgan fingerprint density at radius 1 is 1.17 bits per heavy atom. The SMILES string of the molecule is CCCCCNC(=O)C(c1ccc(O)cc1)N(CC#N)C(=O)C(CCC(N)=O)NC(=O)OC(C)(C)C. The van der Waals surface area contributed by atoms with Crippen LogP contribution in [-0.2, 0) is 19.1 Å². The highest BCUT2D eigenvalue weighted by atomic mass is 16.6. The number of unbranched alkanes of at least 4 members (excludes halogenated alkanes) is 2. The summed E-state index contributed by atoms with van der Waals surface area (Å²) in [6.07, 6.45) is 1.31. The fraction of sp³-hybridized carbons (Fsp3) is 0.560. The molecule has 36 heavy (non-hydrogen) atoms. The summed E-state index contributed by atoms with van der Waals surface area (Å²) in [5.74, 6) is -2.00.